The van der Waals surface area contributed by atoms with Crippen molar-refractivity contribution in [2.75, 3.05) is 0 Å². The fraction of sp³-hybridized carbons (Fsp3) is 0. The molecule has 36 valence electrons. The van der Waals surface area contributed by atoms with Gasteiger partial charge in [-0.15, -0.1) is 0 Å². The molecule has 4 radical (unpaired) electrons. The van der Waals surface area contributed by atoms with Gasteiger partial charge in [0.25, 0.3) is 0 Å². The van der Waals surface area contributed by atoms with Gasteiger partial charge in [-0.2, -0.15) is 0 Å². The number of aliphatic imine (C=N–C) groups is 2. The Morgan fingerprint density at radius 3 is 1.86 bits per heavy atom. The van der Waals surface area contributed by atoms with Crippen molar-refractivity contribution >= 4 is 16.8 Å². The Labute approximate surface area is 52.6 Å². The van der Waals surface area contributed by atoms with Crippen molar-refractivity contribution in [2.45, 2.75) is 0 Å². The third-order valence-electron chi connectivity index (χ3n) is 0.422. The Morgan fingerprint density at radius 1 is 1.29 bits per heavy atom. The van der Waals surface area contributed by atoms with Crippen LogP contribution in [0, 0.1) is 7.43 Å². The summed E-state index contributed by atoms with van der Waals surface area (Å²) >= 11 is 2.31. The van der Waals surface area contributed by atoms with E-state index in [0.717, 1.165) is 4.35 Å². The molecule has 1 heterocycles. The molecule has 1 rings (SSSR count). The summed E-state index contributed by atoms with van der Waals surface area (Å²) in [6.45, 7) is 0. The zero-order valence-corrected chi connectivity index (χ0v) is 5.14. The first-order valence-electron chi connectivity index (χ1n) is 1.47. The molecular formula is C4H2N2Ru. The SMILES string of the molecule is [C].[Ru]=[C]1N=CC=N1. The van der Waals surface area contributed by atoms with E-state index in [4.69, 9.17) is 0 Å². The van der Waals surface area contributed by atoms with Gasteiger partial charge in [0.05, 0.1) is 0 Å². The van der Waals surface area contributed by atoms with Gasteiger partial charge < -0.3 is 0 Å². The molecular weight excluding hydrogens is 177 g/mol. The van der Waals surface area contributed by atoms with Crippen molar-refractivity contribution in [3.63, 3.8) is 0 Å². The van der Waals surface area contributed by atoms with Crippen LogP contribution in [0.4, 0.5) is 0 Å². The second-order valence-electron chi connectivity index (χ2n) is 0.814. The van der Waals surface area contributed by atoms with Crippen LogP contribution in [0.3, 0.4) is 0 Å². The number of rotatable bonds is 0. The van der Waals surface area contributed by atoms with Gasteiger partial charge in [0.1, 0.15) is 0 Å². The van der Waals surface area contributed by atoms with E-state index >= 15 is 0 Å². The first-order chi connectivity index (χ1) is 2.89. The average molecular weight is 179 g/mol. The molecule has 0 unspecified atom stereocenters. The third kappa shape index (κ3) is 1.84. The van der Waals surface area contributed by atoms with Crippen molar-refractivity contribution in [3.8, 4) is 0 Å². The van der Waals surface area contributed by atoms with Gasteiger partial charge in [-0.1, -0.05) is 0 Å². The van der Waals surface area contributed by atoms with Gasteiger partial charge in [0.15, 0.2) is 0 Å². The fourth-order valence-corrected chi connectivity index (χ4v) is 0.478. The summed E-state index contributed by atoms with van der Waals surface area (Å²) in [6.07, 6.45) is 3.32. The normalized spacial score (nSPS) is 14.7. The topological polar surface area (TPSA) is 24.7 Å². The van der Waals surface area contributed by atoms with E-state index in [1.807, 2.05) is 0 Å². The van der Waals surface area contributed by atoms with Crippen LogP contribution < -0.4 is 0 Å². The van der Waals surface area contributed by atoms with Crippen LogP contribution in [0.25, 0.3) is 0 Å². The van der Waals surface area contributed by atoms with E-state index in [2.05, 4.69) is 27.8 Å². The summed E-state index contributed by atoms with van der Waals surface area (Å²) in [5.41, 5.74) is 0. The number of hydrogen-bond acceptors (Lipinski definition) is 2. The van der Waals surface area contributed by atoms with Crippen LogP contribution in [-0.2, 0) is 17.9 Å². The Hall–Kier alpha value is -0.167. The van der Waals surface area contributed by atoms with Gasteiger partial charge in [-0.3, -0.25) is 0 Å². The van der Waals surface area contributed by atoms with Crippen LogP contribution in [0.1, 0.15) is 0 Å². The fourth-order valence-electron chi connectivity index (χ4n) is 0.219. The second kappa shape index (κ2) is 2.92. The summed E-state index contributed by atoms with van der Waals surface area (Å²) in [4.78, 5) is 7.55. The van der Waals surface area contributed by atoms with Crippen molar-refractivity contribution in [1.82, 2.24) is 0 Å². The van der Waals surface area contributed by atoms with Crippen molar-refractivity contribution in [3.05, 3.63) is 7.43 Å². The molecule has 7 heavy (non-hydrogen) atoms. The van der Waals surface area contributed by atoms with Crippen molar-refractivity contribution in [2.24, 2.45) is 9.98 Å². The monoisotopic (exact) mass is 180 g/mol. The van der Waals surface area contributed by atoms with Crippen molar-refractivity contribution < 1.29 is 17.9 Å². The summed E-state index contributed by atoms with van der Waals surface area (Å²) in [5, 5.41) is 0. The van der Waals surface area contributed by atoms with Crippen molar-refractivity contribution in [1.29, 1.82) is 0 Å². The van der Waals surface area contributed by atoms with Crippen LogP contribution in [0.5, 0.6) is 0 Å². The quantitative estimate of drug-likeness (QED) is 0.462. The molecule has 0 fully saturated rings. The summed E-state index contributed by atoms with van der Waals surface area (Å²) in [5.74, 6) is 0. The van der Waals surface area contributed by atoms with Crippen LogP contribution in [-0.4, -0.2) is 16.8 Å². The van der Waals surface area contributed by atoms with Gasteiger partial charge in [0, 0.05) is 7.43 Å². The molecule has 0 saturated heterocycles. The maximum absolute atomic E-state index is 3.77. The van der Waals surface area contributed by atoms with E-state index in [-0.39, 0.29) is 7.43 Å². The molecule has 0 aromatic carbocycles. The van der Waals surface area contributed by atoms with E-state index in [1.165, 1.54) is 0 Å². The van der Waals surface area contributed by atoms with E-state index in [9.17, 15) is 0 Å². The number of hydrogen-bond donors (Lipinski definition) is 0. The minimum absolute atomic E-state index is 0. The Kier molecular flexibility index (Phi) is 2.85. The zero-order valence-electron chi connectivity index (χ0n) is 3.40. The molecule has 0 bridgehead atoms. The summed E-state index contributed by atoms with van der Waals surface area (Å²) in [6, 6.07) is 0. The third-order valence-corrected chi connectivity index (χ3v) is 0.871. The van der Waals surface area contributed by atoms with Gasteiger partial charge in [-0.25, -0.2) is 0 Å². The first-order valence-corrected chi connectivity index (χ1v) is 2.34. The molecule has 3 heteroatoms. The van der Waals surface area contributed by atoms with Crippen LogP contribution >= 0.6 is 0 Å². The zero-order chi connectivity index (χ0) is 4.41. The van der Waals surface area contributed by atoms with Crippen LogP contribution in [0.15, 0.2) is 9.98 Å². The molecule has 2 nitrogen and oxygen atoms in total. The van der Waals surface area contributed by atoms with Gasteiger partial charge >= 0.3 is 44.6 Å². The Morgan fingerprint density at radius 2 is 1.71 bits per heavy atom. The van der Waals surface area contributed by atoms with E-state index in [1.54, 1.807) is 12.4 Å². The standard InChI is InChI=1S/C3H2N2.C.Ru/c1-2-5-3-4-1;;/h1-2H;;. The van der Waals surface area contributed by atoms with Gasteiger partial charge in [-0.05, 0) is 0 Å². The number of nitrogens with zero attached hydrogens (tertiary/aromatic N) is 2. The average Bonchev–Trinajstić information content (AvgIpc) is 1.86. The Balaban J connectivity index is 0.000000360. The predicted octanol–water partition coefficient (Wildman–Crippen LogP) is -0.143. The minimum atomic E-state index is 0. The summed E-state index contributed by atoms with van der Waals surface area (Å²) in [7, 11) is 0. The molecule has 0 aromatic rings. The Bertz CT molecular complexity index is 112. The van der Waals surface area contributed by atoms with E-state index in [0.29, 0.717) is 0 Å². The molecule has 0 atom stereocenters. The molecule has 0 saturated carbocycles. The molecule has 0 N–H and O–H groups in total. The summed E-state index contributed by atoms with van der Waals surface area (Å²) < 4.78 is 0.773. The molecule has 0 amide bonds. The molecule has 0 aliphatic carbocycles. The van der Waals surface area contributed by atoms with Gasteiger partial charge in [0.2, 0.25) is 0 Å². The second-order valence-corrected chi connectivity index (χ2v) is 1.59. The predicted molar refractivity (Wildman–Crippen MR) is 25.2 cm³/mol. The molecule has 1 aliphatic heterocycles. The van der Waals surface area contributed by atoms with Crippen LogP contribution in [0.2, 0.25) is 0 Å². The molecule has 0 aromatic heterocycles. The molecule has 1 aliphatic rings. The molecule has 0 spiro atoms. The first kappa shape index (κ1) is 6.83. The van der Waals surface area contributed by atoms with E-state index < -0.39 is 0 Å². The maximum atomic E-state index is 3.77.